The van der Waals surface area contributed by atoms with Crippen LogP contribution in [0.3, 0.4) is 0 Å². The van der Waals surface area contributed by atoms with Crippen LogP contribution >= 0.6 is 11.6 Å². The average molecular weight is 414 g/mol. The van der Waals surface area contributed by atoms with E-state index in [1.165, 1.54) is 0 Å². The van der Waals surface area contributed by atoms with Gasteiger partial charge in [-0.15, -0.1) is 10.2 Å². The molecule has 29 heavy (non-hydrogen) atoms. The standard InChI is InChI=1S/C21H20ClN3O4/c1-27-17-4-2-3-5-18(17)28-13-20(26)25(16-10-11-16)12-19-23-24-21(29-19)14-6-8-15(22)9-7-14/h2-9,16H,10-13H2,1H3. The van der Waals surface area contributed by atoms with Crippen LogP contribution in [0.15, 0.2) is 52.9 Å². The number of carbonyl (C=O) groups is 1. The van der Waals surface area contributed by atoms with Crippen molar-refractivity contribution < 1.29 is 18.7 Å². The van der Waals surface area contributed by atoms with Gasteiger partial charge in [0.15, 0.2) is 18.1 Å². The highest BCUT2D eigenvalue weighted by atomic mass is 35.5. The number of para-hydroxylation sites is 2. The minimum Gasteiger partial charge on any atom is -0.493 e. The molecule has 0 N–H and O–H groups in total. The number of halogens is 1. The molecule has 0 unspecified atom stereocenters. The first kappa shape index (κ1) is 19.3. The number of aromatic nitrogens is 2. The summed E-state index contributed by atoms with van der Waals surface area (Å²) in [5.74, 6) is 1.76. The highest BCUT2D eigenvalue weighted by molar-refractivity contribution is 6.30. The lowest BCUT2D eigenvalue weighted by atomic mass is 10.2. The van der Waals surface area contributed by atoms with Crippen molar-refractivity contribution in [1.82, 2.24) is 15.1 Å². The van der Waals surface area contributed by atoms with Crippen LogP contribution in [0.1, 0.15) is 18.7 Å². The molecular formula is C21H20ClN3O4. The molecule has 1 aliphatic carbocycles. The molecular weight excluding hydrogens is 394 g/mol. The summed E-state index contributed by atoms with van der Waals surface area (Å²) in [5.41, 5.74) is 0.775. The van der Waals surface area contributed by atoms with Crippen LogP contribution in [0, 0.1) is 0 Å². The summed E-state index contributed by atoms with van der Waals surface area (Å²) >= 11 is 5.91. The number of nitrogens with zero attached hydrogens (tertiary/aromatic N) is 3. The van der Waals surface area contributed by atoms with Gasteiger partial charge in [0, 0.05) is 16.6 Å². The third-order valence-corrected chi connectivity index (χ3v) is 4.84. The molecule has 1 fully saturated rings. The fraction of sp³-hybridized carbons (Fsp3) is 0.286. The van der Waals surface area contributed by atoms with Crippen LogP contribution < -0.4 is 9.47 Å². The Balaban J connectivity index is 1.42. The largest absolute Gasteiger partial charge is 0.493 e. The van der Waals surface area contributed by atoms with E-state index in [2.05, 4.69) is 10.2 Å². The van der Waals surface area contributed by atoms with Crippen molar-refractivity contribution in [2.45, 2.75) is 25.4 Å². The molecule has 2 aromatic carbocycles. The number of hydrogen-bond donors (Lipinski definition) is 0. The van der Waals surface area contributed by atoms with Crippen molar-refractivity contribution in [3.63, 3.8) is 0 Å². The maximum absolute atomic E-state index is 12.8. The second kappa shape index (κ2) is 8.53. The molecule has 3 aromatic rings. The molecule has 7 nitrogen and oxygen atoms in total. The van der Waals surface area contributed by atoms with Crippen molar-refractivity contribution in [2.75, 3.05) is 13.7 Å². The predicted molar refractivity (Wildman–Crippen MR) is 107 cm³/mol. The van der Waals surface area contributed by atoms with Crippen molar-refractivity contribution in [3.05, 3.63) is 59.4 Å². The van der Waals surface area contributed by atoms with E-state index < -0.39 is 0 Å². The van der Waals surface area contributed by atoms with Gasteiger partial charge in [-0.2, -0.15) is 0 Å². The molecule has 1 heterocycles. The van der Waals surface area contributed by atoms with Crippen LogP contribution in [0.25, 0.3) is 11.5 Å². The van der Waals surface area contributed by atoms with E-state index in [1.54, 1.807) is 36.3 Å². The Kier molecular flexibility index (Phi) is 5.67. The summed E-state index contributed by atoms with van der Waals surface area (Å²) in [6.45, 7) is 0.161. The van der Waals surface area contributed by atoms with E-state index >= 15 is 0 Å². The van der Waals surface area contributed by atoms with Gasteiger partial charge in [0.1, 0.15) is 0 Å². The number of benzene rings is 2. The van der Waals surface area contributed by atoms with E-state index in [9.17, 15) is 4.79 Å². The van der Waals surface area contributed by atoms with Gasteiger partial charge in [0.25, 0.3) is 5.91 Å². The van der Waals surface area contributed by atoms with Crippen LogP contribution in [-0.4, -0.2) is 40.8 Å². The molecule has 0 aliphatic heterocycles. The summed E-state index contributed by atoms with van der Waals surface area (Å²) < 4.78 is 16.7. The molecule has 0 bridgehead atoms. The zero-order valence-corrected chi connectivity index (χ0v) is 16.6. The quantitative estimate of drug-likeness (QED) is 0.556. The molecule has 4 rings (SSSR count). The zero-order chi connectivity index (χ0) is 20.2. The Morgan fingerprint density at radius 2 is 1.86 bits per heavy atom. The van der Waals surface area contributed by atoms with Crippen LogP contribution in [0.5, 0.6) is 11.5 Å². The van der Waals surface area contributed by atoms with Gasteiger partial charge in [-0.25, -0.2) is 0 Å². The first-order valence-electron chi connectivity index (χ1n) is 9.27. The van der Waals surface area contributed by atoms with Gasteiger partial charge in [-0.05, 0) is 49.2 Å². The monoisotopic (exact) mass is 413 g/mol. The number of methoxy groups -OCH3 is 1. The summed E-state index contributed by atoms with van der Waals surface area (Å²) in [4.78, 5) is 14.5. The third kappa shape index (κ3) is 4.68. The lowest BCUT2D eigenvalue weighted by Gasteiger charge is -2.21. The second-order valence-corrected chi connectivity index (χ2v) is 7.14. The number of carbonyl (C=O) groups excluding carboxylic acids is 1. The maximum Gasteiger partial charge on any atom is 0.261 e. The maximum atomic E-state index is 12.8. The fourth-order valence-corrected chi connectivity index (χ4v) is 3.07. The lowest BCUT2D eigenvalue weighted by molar-refractivity contribution is -0.135. The highest BCUT2D eigenvalue weighted by Crippen LogP contribution is 2.30. The van der Waals surface area contributed by atoms with Crippen molar-refractivity contribution in [3.8, 4) is 23.0 Å². The Hall–Kier alpha value is -3.06. The van der Waals surface area contributed by atoms with Gasteiger partial charge in [0.05, 0.1) is 13.7 Å². The number of rotatable bonds is 8. The highest BCUT2D eigenvalue weighted by Gasteiger charge is 2.34. The van der Waals surface area contributed by atoms with E-state index in [-0.39, 0.29) is 25.1 Å². The smallest absolute Gasteiger partial charge is 0.261 e. The average Bonchev–Trinajstić information content (AvgIpc) is 3.48. The van der Waals surface area contributed by atoms with E-state index in [4.69, 9.17) is 25.5 Å². The molecule has 1 aromatic heterocycles. The zero-order valence-electron chi connectivity index (χ0n) is 15.9. The molecule has 0 spiro atoms. The third-order valence-electron chi connectivity index (χ3n) is 4.59. The van der Waals surface area contributed by atoms with Crippen LogP contribution in [0.4, 0.5) is 0 Å². The van der Waals surface area contributed by atoms with E-state index in [0.717, 1.165) is 18.4 Å². The van der Waals surface area contributed by atoms with Gasteiger partial charge < -0.3 is 18.8 Å². The van der Waals surface area contributed by atoms with Gasteiger partial charge in [-0.3, -0.25) is 4.79 Å². The van der Waals surface area contributed by atoms with Gasteiger partial charge in [-0.1, -0.05) is 23.7 Å². The topological polar surface area (TPSA) is 77.7 Å². The van der Waals surface area contributed by atoms with Crippen molar-refractivity contribution in [2.24, 2.45) is 0 Å². The first-order chi connectivity index (χ1) is 14.1. The molecule has 1 aliphatic rings. The van der Waals surface area contributed by atoms with Crippen LogP contribution in [-0.2, 0) is 11.3 Å². The minimum absolute atomic E-state index is 0.0882. The Bertz CT molecular complexity index is 986. The Labute approximate surface area is 173 Å². The minimum atomic E-state index is -0.135. The summed E-state index contributed by atoms with van der Waals surface area (Å²) in [7, 11) is 1.56. The first-order valence-corrected chi connectivity index (χ1v) is 9.65. The molecule has 1 amide bonds. The molecule has 150 valence electrons. The number of amides is 1. The normalized spacial score (nSPS) is 13.2. The number of hydrogen-bond acceptors (Lipinski definition) is 6. The Morgan fingerprint density at radius 3 is 2.55 bits per heavy atom. The van der Waals surface area contributed by atoms with E-state index in [0.29, 0.717) is 28.3 Å². The van der Waals surface area contributed by atoms with E-state index in [1.807, 2.05) is 24.3 Å². The van der Waals surface area contributed by atoms with Crippen LogP contribution in [0.2, 0.25) is 5.02 Å². The summed E-state index contributed by atoms with van der Waals surface area (Å²) in [6.07, 6.45) is 1.91. The fourth-order valence-electron chi connectivity index (χ4n) is 2.94. The predicted octanol–water partition coefficient (Wildman–Crippen LogP) is 3.97. The molecule has 0 saturated heterocycles. The molecule has 1 saturated carbocycles. The molecule has 8 heteroatoms. The number of ether oxygens (including phenoxy) is 2. The molecule has 0 atom stereocenters. The summed E-state index contributed by atoms with van der Waals surface area (Å²) in [5, 5.41) is 8.80. The lowest BCUT2D eigenvalue weighted by Crippen LogP contribution is -2.36. The van der Waals surface area contributed by atoms with Gasteiger partial charge >= 0.3 is 0 Å². The SMILES string of the molecule is COc1ccccc1OCC(=O)N(Cc1nnc(-c2ccc(Cl)cc2)o1)C1CC1. The summed E-state index contributed by atoms with van der Waals surface area (Å²) in [6, 6.07) is 14.5. The molecule has 0 radical (unpaired) electrons. The second-order valence-electron chi connectivity index (χ2n) is 6.70. The van der Waals surface area contributed by atoms with Crippen molar-refractivity contribution in [1.29, 1.82) is 0 Å². The van der Waals surface area contributed by atoms with Gasteiger partial charge in [0.2, 0.25) is 11.8 Å². The Morgan fingerprint density at radius 1 is 1.14 bits per heavy atom. The van der Waals surface area contributed by atoms with Crippen molar-refractivity contribution >= 4 is 17.5 Å².